The van der Waals surface area contributed by atoms with E-state index in [0.29, 0.717) is 17.3 Å². The number of rotatable bonds is 5. The normalized spacial score (nSPS) is 10.5. The number of nitrogens with zero attached hydrogens (tertiary/aromatic N) is 2. The number of hydrogen-bond acceptors (Lipinski definition) is 3. The minimum atomic E-state index is -0.680. The molecule has 6 nitrogen and oxygen atoms in total. The number of amides is 2. The van der Waals surface area contributed by atoms with Crippen LogP contribution < -0.4 is 11.1 Å². The fraction of sp³-hybridized carbons (Fsp3) is 0.267. The zero-order valence-corrected chi connectivity index (χ0v) is 13.1. The Morgan fingerprint density at radius 2 is 2.14 bits per heavy atom. The van der Waals surface area contributed by atoms with Crippen molar-refractivity contribution in [3.05, 3.63) is 46.2 Å². The fourth-order valence-electron chi connectivity index (χ4n) is 1.98. The van der Waals surface area contributed by atoms with E-state index in [1.165, 1.54) is 0 Å². The molecule has 0 saturated heterocycles. The maximum absolute atomic E-state index is 12.1. The van der Waals surface area contributed by atoms with Crippen LogP contribution in [0.5, 0.6) is 0 Å². The van der Waals surface area contributed by atoms with Gasteiger partial charge in [0.15, 0.2) is 5.69 Å². The standard InChI is InChI=1S/C15H17ClN4O2/c1-3-20-8-12(14(19-20)15(17)22)18-13(21)7-10-5-4-9(2)11(16)6-10/h4-6,8H,3,7H2,1-2H3,(H2,17,22)(H,18,21). The molecule has 1 aromatic carbocycles. The Balaban J connectivity index is 2.13. The summed E-state index contributed by atoms with van der Waals surface area (Å²) in [7, 11) is 0. The molecule has 7 heteroatoms. The third-order valence-corrected chi connectivity index (χ3v) is 3.60. The number of aryl methyl sites for hydroxylation is 2. The molecular weight excluding hydrogens is 304 g/mol. The van der Waals surface area contributed by atoms with E-state index in [9.17, 15) is 9.59 Å². The topological polar surface area (TPSA) is 90.0 Å². The highest BCUT2D eigenvalue weighted by molar-refractivity contribution is 6.31. The third kappa shape index (κ3) is 3.65. The molecule has 2 aromatic rings. The van der Waals surface area contributed by atoms with Crippen LogP contribution in [0, 0.1) is 6.92 Å². The van der Waals surface area contributed by atoms with Crippen LogP contribution in [0.3, 0.4) is 0 Å². The first-order chi connectivity index (χ1) is 10.4. The van der Waals surface area contributed by atoms with Crippen molar-refractivity contribution >= 4 is 29.1 Å². The van der Waals surface area contributed by atoms with Crippen molar-refractivity contribution in [3.63, 3.8) is 0 Å². The Hall–Kier alpha value is -2.34. The molecule has 116 valence electrons. The molecule has 0 fully saturated rings. The van der Waals surface area contributed by atoms with Crippen LogP contribution in [-0.4, -0.2) is 21.6 Å². The van der Waals surface area contributed by atoms with Gasteiger partial charge in [-0.05, 0) is 31.0 Å². The molecule has 0 spiro atoms. The smallest absolute Gasteiger partial charge is 0.271 e. The van der Waals surface area contributed by atoms with Crippen LogP contribution in [0.1, 0.15) is 28.5 Å². The summed E-state index contributed by atoms with van der Waals surface area (Å²) in [6.07, 6.45) is 1.73. The molecule has 22 heavy (non-hydrogen) atoms. The largest absolute Gasteiger partial charge is 0.364 e. The summed E-state index contributed by atoms with van der Waals surface area (Å²) in [6.45, 7) is 4.34. The van der Waals surface area contributed by atoms with Crippen LogP contribution in [0.25, 0.3) is 0 Å². The van der Waals surface area contributed by atoms with E-state index >= 15 is 0 Å². The number of nitrogens with two attached hydrogens (primary N) is 1. The van der Waals surface area contributed by atoms with E-state index in [0.717, 1.165) is 11.1 Å². The van der Waals surface area contributed by atoms with E-state index in [1.807, 2.05) is 26.0 Å². The number of hydrogen-bond donors (Lipinski definition) is 2. The molecule has 0 unspecified atom stereocenters. The van der Waals surface area contributed by atoms with Gasteiger partial charge in [0.25, 0.3) is 5.91 Å². The molecule has 2 rings (SSSR count). The predicted molar refractivity (Wildman–Crippen MR) is 84.9 cm³/mol. The van der Waals surface area contributed by atoms with Crippen molar-refractivity contribution in [1.82, 2.24) is 9.78 Å². The quantitative estimate of drug-likeness (QED) is 0.884. The van der Waals surface area contributed by atoms with Gasteiger partial charge in [-0.15, -0.1) is 0 Å². The summed E-state index contributed by atoms with van der Waals surface area (Å²) in [5, 5.41) is 7.30. The fourth-order valence-corrected chi connectivity index (χ4v) is 2.19. The van der Waals surface area contributed by atoms with Gasteiger partial charge in [0.2, 0.25) is 5.91 Å². The second-order valence-electron chi connectivity index (χ2n) is 4.92. The van der Waals surface area contributed by atoms with Crippen LogP contribution in [-0.2, 0) is 17.8 Å². The van der Waals surface area contributed by atoms with Crippen molar-refractivity contribution in [2.45, 2.75) is 26.8 Å². The minimum absolute atomic E-state index is 0.0529. The summed E-state index contributed by atoms with van der Waals surface area (Å²) in [4.78, 5) is 23.5. The van der Waals surface area contributed by atoms with Gasteiger partial charge in [-0.2, -0.15) is 5.10 Å². The molecule has 0 radical (unpaired) electrons. The van der Waals surface area contributed by atoms with Gasteiger partial charge in [0.05, 0.1) is 12.1 Å². The van der Waals surface area contributed by atoms with Gasteiger partial charge < -0.3 is 11.1 Å². The first-order valence-electron chi connectivity index (χ1n) is 6.82. The predicted octanol–water partition coefficient (Wildman–Crippen LogP) is 2.14. The van der Waals surface area contributed by atoms with E-state index < -0.39 is 5.91 Å². The van der Waals surface area contributed by atoms with Gasteiger partial charge in [0, 0.05) is 17.8 Å². The van der Waals surface area contributed by atoms with Gasteiger partial charge >= 0.3 is 0 Å². The Labute approximate surface area is 133 Å². The first-order valence-corrected chi connectivity index (χ1v) is 7.20. The molecule has 1 heterocycles. The Morgan fingerprint density at radius 1 is 1.41 bits per heavy atom. The molecule has 1 aromatic heterocycles. The van der Waals surface area contributed by atoms with Gasteiger partial charge in [-0.1, -0.05) is 23.7 Å². The Kier molecular flexibility index (Phi) is 4.82. The van der Waals surface area contributed by atoms with Crippen molar-refractivity contribution in [2.24, 2.45) is 5.73 Å². The molecule has 0 atom stereocenters. The lowest BCUT2D eigenvalue weighted by Crippen LogP contribution is -2.19. The van der Waals surface area contributed by atoms with Crippen molar-refractivity contribution in [1.29, 1.82) is 0 Å². The van der Waals surface area contributed by atoms with Crippen LogP contribution in [0.2, 0.25) is 5.02 Å². The average molecular weight is 321 g/mol. The van der Waals surface area contributed by atoms with E-state index in [4.69, 9.17) is 17.3 Å². The SMILES string of the molecule is CCn1cc(NC(=O)Cc2ccc(C)c(Cl)c2)c(C(N)=O)n1. The van der Waals surface area contributed by atoms with Crippen molar-refractivity contribution in [3.8, 4) is 0 Å². The number of aromatic nitrogens is 2. The van der Waals surface area contributed by atoms with Gasteiger partial charge in [-0.25, -0.2) is 0 Å². The van der Waals surface area contributed by atoms with Crippen molar-refractivity contribution in [2.75, 3.05) is 5.32 Å². The highest BCUT2D eigenvalue weighted by atomic mass is 35.5. The molecule has 0 saturated carbocycles. The highest BCUT2D eigenvalue weighted by Crippen LogP contribution is 2.18. The number of nitrogens with one attached hydrogen (secondary N) is 1. The third-order valence-electron chi connectivity index (χ3n) is 3.19. The van der Waals surface area contributed by atoms with Crippen molar-refractivity contribution < 1.29 is 9.59 Å². The molecular formula is C15H17ClN4O2. The first kappa shape index (κ1) is 16.0. The molecule has 0 aliphatic carbocycles. The number of primary amides is 1. The monoisotopic (exact) mass is 320 g/mol. The highest BCUT2D eigenvalue weighted by Gasteiger charge is 2.16. The minimum Gasteiger partial charge on any atom is -0.364 e. The second-order valence-corrected chi connectivity index (χ2v) is 5.33. The number of benzene rings is 1. The number of anilines is 1. The molecule has 3 N–H and O–H groups in total. The Bertz CT molecular complexity index is 724. The van der Waals surface area contributed by atoms with Gasteiger partial charge in [-0.3, -0.25) is 14.3 Å². The van der Waals surface area contributed by atoms with Gasteiger partial charge in [0.1, 0.15) is 0 Å². The van der Waals surface area contributed by atoms with E-state index in [2.05, 4.69) is 10.4 Å². The van der Waals surface area contributed by atoms with Crippen LogP contribution >= 0.6 is 11.6 Å². The zero-order chi connectivity index (χ0) is 16.3. The molecule has 0 aliphatic rings. The summed E-state index contributed by atoms with van der Waals surface area (Å²) in [6, 6.07) is 5.45. The number of halogens is 1. The summed E-state index contributed by atoms with van der Waals surface area (Å²) < 4.78 is 1.54. The number of carbonyl (C=O) groups is 2. The second kappa shape index (κ2) is 6.62. The van der Waals surface area contributed by atoms with E-state index in [1.54, 1.807) is 16.9 Å². The lowest BCUT2D eigenvalue weighted by molar-refractivity contribution is -0.115. The lowest BCUT2D eigenvalue weighted by atomic mass is 10.1. The average Bonchev–Trinajstić information content (AvgIpc) is 2.86. The molecule has 2 amide bonds. The summed E-state index contributed by atoms with van der Waals surface area (Å²) in [5.41, 5.74) is 7.37. The summed E-state index contributed by atoms with van der Waals surface area (Å²) in [5.74, 6) is -0.945. The lowest BCUT2D eigenvalue weighted by Gasteiger charge is -2.05. The Morgan fingerprint density at radius 3 is 2.73 bits per heavy atom. The van der Waals surface area contributed by atoms with Crippen LogP contribution in [0.15, 0.2) is 24.4 Å². The maximum Gasteiger partial charge on any atom is 0.271 e. The molecule has 0 bridgehead atoms. The summed E-state index contributed by atoms with van der Waals surface area (Å²) >= 11 is 6.04. The van der Waals surface area contributed by atoms with Crippen LogP contribution in [0.4, 0.5) is 5.69 Å². The van der Waals surface area contributed by atoms with E-state index in [-0.39, 0.29) is 18.0 Å². The number of carbonyl (C=O) groups excluding carboxylic acids is 2. The zero-order valence-electron chi connectivity index (χ0n) is 12.4. The maximum atomic E-state index is 12.1. The molecule has 0 aliphatic heterocycles.